The first-order chi connectivity index (χ1) is 7.77. The number of hydrogen-bond acceptors (Lipinski definition) is 2. The Labute approximate surface area is 96.2 Å². The third-order valence-corrected chi connectivity index (χ3v) is 2.87. The summed E-state index contributed by atoms with van der Waals surface area (Å²) in [6.45, 7) is 2.07. The highest BCUT2D eigenvalue weighted by atomic mass is 15.0. The van der Waals surface area contributed by atoms with Gasteiger partial charge in [-0.05, 0) is 37.8 Å². The molecule has 3 heteroatoms. The molecule has 3 nitrogen and oxygen atoms in total. The van der Waals surface area contributed by atoms with Crippen molar-refractivity contribution in [1.82, 2.24) is 14.5 Å². The molecule has 0 radical (unpaired) electrons. The highest BCUT2D eigenvalue weighted by Crippen LogP contribution is 2.10. The number of aryl methyl sites for hydroxylation is 3. The van der Waals surface area contributed by atoms with Crippen molar-refractivity contribution in [2.45, 2.75) is 26.2 Å². The zero-order chi connectivity index (χ0) is 11.4. The fourth-order valence-electron chi connectivity index (χ4n) is 1.94. The Morgan fingerprint density at radius 2 is 2.19 bits per heavy atom. The monoisotopic (exact) mass is 215 g/mol. The van der Waals surface area contributed by atoms with Crippen molar-refractivity contribution in [3.63, 3.8) is 0 Å². The standard InChI is InChI=1S/C13H17N3/c1-11-13(16(2)10-15-11)7-3-5-12-6-4-8-14-9-12/h4,6,8-10H,3,5,7H2,1-2H3. The van der Waals surface area contributed by atoms with Crippen molar-refractivity contribution in [2.24, 2.45) is 7.05 Å². The van der Waals surface area contributed by atoms with Crippen LogP contribution >= 0.6 is 0 Å². The van der Waals surface area contributed by atoms with Gasteiger partial charge in [0, 0.05) is 25.1 Å². The molecule has 0 unspecified atom stereocenters. The van der Waals surface area contributed by atoms with E-state index in [1.54, 1.807) is 0 Å². The Morgan fingerprint density at radius 3 is 2.81 bits per heavy atom. The second kappa shape index (κ2) is 4.92. The van der Waals surface area contributed by atoms with Crippen molar-refractivity contribution in [2.75, 3.05) is 0 Å². The van der Waals surface area contributed by atoms with E-state index in [2.05, 4.69) is 34.6 Å². The fourth-order valence-corrected chi connectivity index (χ4v) is 1.94. The lowest BCUT2D eigenvalue weighted by atomic mass is 10.1. The first-order valence-corrected chi connectivity index (χ1v) is 5.63. The Hall–Kier alpha value is -1.64. The van der Waals surface area contributed by atoms with Crippen LogP contribution in [-0.2, 0) is 19.9 Å². The third-order valence-electron chi connectivity index (χ3n) is 2.87. The van der Waals surface area contributed by atoms with E-state index in [4.69, 9.17) is 0 Å². The van der Waals surface area contributed by atoms with E-state index < -0.39 is 0 Å². The summed E-state index contributed by atoms with van der Waals surface area (Å²) in [7, 11) is 2.05. The predicted molar refractivity (Wildman–Crippen MR) is 64.2 cm³/mol. The molecule has 0 aromatic carbocycles. The molecular formula is C13H17N3. The van der Waals surface area contributed by atoms with Gasteiger partial charge < -0.3 is 4.57 Å². The summed E-state index contributed by atoms with van der Waals surface area (Å²) in [6, 6.07) is 4.12. The SMILES string of the molecule is Cc1ncn(C)c1CCCc1cccnc1. The zero-order valence-electron chi connectivity index (χ0n) is 9.85. The van der Waals surface area contributed by atoms with Gasteiger partial charge in [0.15, 0.2) is 0 Å². The van der Waals surface area contributed by atoms with E-state index in [-0.39, 0.29) is 0 Å². The summed E-state index contributed by atoms with van der Waals surface area (Å²) in [4.78, 5) is 8.41. The van der Waals surface area contributed by atoms with Crippen LogP contribution in [0.5, 0.6) is 0 Å². The lowest BCUT2D eigenvalue weighted by molar-refractivity contribution is 0.741. The Kier molecular flexibility index (Phi) is 3.34. The van der Waals surface area contributed by atoms with Gasteiger partial charge in [-0.2, -0.15) is 0 Å². The lowest BCUT2D eigenvalue weighted by Gasteiger charge is -2.04. The van der Waals surface area contributed by atoms with Gasteiger partial charge in [-0.1, -0.05) is 6.07 Å². The van der Waals surface area contributed by atoms with Gasteiger partial charge in [0.1, 0.15) is 0 Å². The molecule has 0 aliphatic heterocycles. The average molecular weight is 215 g/mol. The maximum Gasteiger partial charge on any atom is 0.0948 e. The molecule has 2 heterocycles. The molecule has 2 rings (SSSR count). The second-order valence-electron chi connectivity index (χ2n) is 4.10. The van der Waals surface area contributed by atoms with Gasteiger partial charge in [-0.15, -0.1) is 0 Å². The van der Waals surface area contributed by atoms with Gasteiger partial charge in [0.05, 0.1) is 12.0 Å². The summed E-state index contributed by atoms with van der Waals surface area (Å²) in [5, 5.41) is 0. The molecule has 0 aliphatic rings. The number of imidazole rings is 1. The summed E-state index contributed by atoms with van der Waals surface area (Å²) in [5.74, 6) is 0. The Bertz CT molecular complexity index is 426. The smallest absolute Gasteiger partial charge is 0.0948 e. The Balaban J connectivity index is 1.89. The van der Waals surface area contributed by atoms with E-state index in [9.17, 15) is 0 Å². The molecule has 0 bridgehead atoms. The molecule has 0 fully saturated rings. The summed E-state index contributed by atoms with van der Waals surface area (Å²) in [5.41, 5.74) is 3.79. The minimum absolute atomic E-state index is 1.08. The van der Waals surface area contributed by atoms with Crippen LogP contribution in [0, 0.1) is 6.92 Å². The summed E-state index contributed by atoms with van der Waals surface area (Å²) < 4.78 is 2.11. The highest BCUT2D eigenvalue weighted by molar-refractivity contribution is 5.12. The first kappa shape index (κ1) is 10.9. The zero-order valence-corrected chi connectivity index (χ0v) is 9.85. The molecule has 0 spiro atoms. The first-order valence-electron chi connectivity index (χ1n) is 5.63. The van der Waals surface area contributed by atoms with Crippen molar-refractivity contribution < 1.29 is 0 Å². The molecule has 0 saturated heterocycles. The van der Waals surface area contributed by atoms with Crippen LogP contribution in [0.15, 0.2) is 30.9 Å². The molecule has 2 aromatic heterocycles. The van der Waals surface area contributed by atoms with Crippen LogP contribution in [0.4, 0.5) is 0 Å². The quantitative estimate of drug-likeness (QED) is 0.783. The van der Waals surface area contributed by atoms with Crippen molar-refractivity contribution in [3.8, 4) is 0 Å². The maximum absolute atomic E-state index is 4.29. The topological polar surface area (TPSA) is 30.7 Å². The molecule has 2 aromatic rings. The number of aromatic nitrogens is 3. The minimum Gasteiger partial charge on any atom is -0.337 e. The summed E-state index contributed by atoms with van der Waals surface area (Å²) in [6.07, 6.45) is 8.95. The fraction of sp³-hybridized carbons (Fsp3) is 0.385. The number of pyridine rings is 1. The van der Waals surface area contributed by atoms with Gasteiger partial charge in [-0.3, -0.25) is 4.98 Å². The predicted octanol–water partition coefficient (Wildman–Crippen LogP) is 2.30. The summed E-state index contributed by atoms with van der Waals surface area (Å²) >= 11 is 0. The van der Waals surface area contributed by atoms with Gasteiger partial charge in [0.2, 0.25) is 0 Å². The maximum atomic E-state index is 4.29. The molecule has 0 aliphatic carbocycles. The van der Waals surface area contributed by atoms with Crippen LogP contribution in [0.3, 0.4) is 0 Å². The van der Waals surface area contributed by atoms with E-state index in [0.717, 1.165) is 25.0 Å². The van der Waals surface area contributed by atoms with Crippen LogP contribution in [-0.4, -0.2) is 14.5 Å². The molecule has 16 heavy (non-hydrogen) atoms. The minimum atomic E-state index is 1.08. The van der Waals surface area contributed by atoms with E-state index >= 15 is 0 Å². The second-order valence-corrected chi connectivity index (χ2v) is 4.10. The van der Waals surface area contributed by atoms with Gasteiger partial charge in [-0.25, -0.2) is 4.98 Å². The van der Waals surface area contributed by atoms with Crippen LogP contribution in [0.25, 0.3) is 0 Å². The molecule has 0 N–H and O–H groups in total. The Morgan fingerprint density at radius 1 is 1.31 bits per heavy atom. The highest BCUT2D eigenvalue weighted by Gasteiger charge is 2.03. The number of nitrogens with zero attached hydrogens (tertiary/aromatic N) is 3. The van der Waals surface area contributed by atoms with Crippen molar-refractivity contribution in [1.29, 1.82) is 0 Å². The molecular weight excluding hydrogens is 198 g/mol. The van der Waals surface area contributed by atoms with E-state index in [1.165, 1.54) is 11.3 Å². The number of rotatable bonds is 4. The van der Waals surface area contributed by atoms with Crippen LogP contribution in [0.1, 0.15) is 23.4 Å². The lowest BCUT2D eigenvalue weighted by Crippen LogP contribution is -1.98. The largest absolute Gasteiger partial charge is 0.337 e. The van der Waals surface area contributed by atoms with Gasteiger partial charge >= 0.3 is 0 Å². The third kappa shape index (κ3) is 2.48. The molecule has 0 amide bonds. The van der Waals surface area contributed by atoms with E-state index in [1.807, 2.05) is 24.8 Å². The number of hydrogen-bond donors (Lipinski definition) is 0. The van der Waals surface area contributed by atoms with Crippen molar-refractivity contribution in [3.05, 3.63) is 47.8 Å². The van der Waals surface area contributed by atoms with Gasteiger partial charge in [0.25, 0.3) is 0 Å². The normalized spacial score (nSPS) is 10.6. The van der Waals surface area contributed by atoms with Crippen molar-refractivity contribution >= 4 is 0 Å². The molecule has 84 valence electrons. The molecule has 0 saturated carbocycles. The van der Waals surface area contributed by atoms with Crippen LogP contribution in [0.2, 0.25) is 0 Å². The average Bonchev–Trinajstić information content (AvgIpc) is 2.62. The molecule has 0 atom stereocenters. The van der Waals surface area contributed by atoms with Crippen LogP contribution < -0.4 is 0 Å². The van der Waals surface area contributed by atoms with E-state index in [0.29, 0.717) is 0 Å².